The maximum absolute atomic E-state index is 12.2. The van der Waals surface area contributed by atoms with Gasteiger partial charge in [-0.25, -0.2) is 18.4 Å². The van der Waals surface area contributed by atoms with Crippen LogP contribution in [0.25, 0.3) is 0 Å². The van der Waals surface area contributed by atoms with Crippen molar-refractivity contribution in [2.24, 2.45) is 0 Å². The van der Waals surface area contributed by atoms with Crippen molar-refractivity contribution in [3.8, 4) is 0 Å². The van der Waals surface area contributed by atoms with Crippen LogP contribution in [0.2, 0.25) is 0 Å². The molecule has 0 aliphatic rings. The first-order valence-electron chi connectivity index (χ1n) is 6.53. The van der Waals surface area contributed by atoms with Crippen LogP contribution in [0.5, 0.6) is 0 Å². The minimum Gasteiger partial charge on any atom is -0.347 e. The van der Waals surface area contributed by atoms with Crippen molar-refractivity contribution in [1.29, 1.82) is 0 Å². The summed E-state index contributed by atoms with van der Waals surface area (Å²) < 4.78 is 27.0. The first-order chi connectivity index (χ1) is 9.92. The van der Waals surface area contributed by atoms with Crippen LogP contribution in [0, 0.1) is 0 Å². The Kier molecular flexibility index (Phi) is 4.42. The van der Waals surface area contributed by atoms with Crippen LogP contribution in [-0.4, -0.2) is 32.5 Å². The molecule has 2 rings (SSSR count). The first-order valence-corrected chi connectivity index (χ1v) is 8.02. The zero-order valence-corrected chi connectivity index (χ0v) is 13.1. The third kappa shape index (κ3) is 3.69. The first kappa shape index (κ1) is 15.2. The van der Waals surface area contributed by atoms with Crippen LogP contribution in [0.15, 0.2) is 41.6 Å². The summed E-state index contributed by atoms with van der Waals surface area (Å²) >= 11 is 0. The highest BCUT2D eigenvalue weighted by atomic mass is 32.2. The molecule has 0 fully saturated rings. The standard InChI is InChI=1S/C14H18N4O2S/c1-4-11-5-7-13(8-6-11)21(19,20)17-12-9-15-14(16-10-12)18(2)3/h5-10,17H,4H2,1-3H3. The molecule has 0 bridgehead atoms. The molecule has 0 amide bonds. The highest BCUT2D eigenvalue weighted by Gasteiger charge is 2.14. The molecule has 112 valence electrons. The van der Waals surface area contributed by atoms with Crippen LogP contribution < -0.4 is 9.62 Å². The zero-order valence-electron chi connectivity index (χ0n) is 12.2. The molecule has 1 aromatic heterocycles. The van der Waals surface area contributed by atoms with Crippen molar-refractivity contribution < 1.29 is 8.42 Å². The molecule has 0 unspecified atom stereocenters. The van der Waals surface area contributed by atoms with Crippen LogP contribution >= 0.6 is 0 Å². The van der Waals surface area contributed by atoms with E-state index in [0.717, 1.165) is 12.0 Å². The molecule has 7 heteroatoms. The zero-order chi connectivity index (χ0) is 15.5. The van der Waals surface area contributed by atoms with Gasteiger partial charge in [-0.3, -0.25) is 4.72 Å². The van der Waals surface area contributed by atoms with Gasteiger partial charge in [0.2, 0.25) is 5.95 Å². The van der Waals surface area contributed by atoms with Crippen molar-refractivity contribution >= 4 is 21.7 Å². The Morgan fingerprint density at radius 3 is 2.14 bits per heavy atom. The van der Waals surface area contributed by atoms with Gasteiger partial charge in [-0.05, 0) is 24.1 Å². The number of rotatable bonds is 5. The molecule has 1 aromatic carbocycles. The van der Waals surface area contributed by atoms with E-state index in [9.17, 15) is 8.42 Å². The van der Waals surface area contributed by atoms with E-state index < -0.39 is 10.0 Å². The van der Waals surface area contributed by atoms with Crippen molar-refractivity contribution in [1.82, 2.24) is 9.97 Å². The third-order valence-electron chi connectivity index (χ3n) is 2.93. The summed E-state index contributed by atoms with van der Waals surface area (Å²) in [6.45, 7) is 2.02. The van der Waals surface area contributed by atoms with Crippen LogP contribution in [-0.2, 0) is 16.4 Å². The number of aryl methyl sites for hydroxylation is 1. The Morgan fingerprint density at radius 1 is 1.10 bits per heavy atom. The van der Waals surface area contributed by atoms with Crippen molar-refractivity contribution in [2.45, 2.75) is 18.2 Å². The lowest BCUT2D eigenvalue weighted by Crippen LogP contribution is -2.15. The number of sulfonamides is 1. The fourth-order valence-electron chi connectivity index (χ4n) is 1.72. The predicted molar refractivity (Wildman–Crippen MR) is 83.0 cm³/mol. The summed E-state index contributed by atoms with van der Waals surface area (Å²) in [5, 5.41) is 0. The molecule has 0 spiro atoms. The van der Waals surface area contributed by atoms with E-state index in [0.29, 0.717) is 11.6 Å². The maximum atomic E-state index is 12.2. The molecule has 0 aliphatic carbocycles. The Morgan fingerprint density at radius 2 is 1.67 bits per heavy atom. The average Bonchev–Trinajstić information content (AvgIpc) is 2.47. The van der Waals surface area contributed by atoms with Gasteiger partial charge in [0.25, 0.3) is 10.0 Å². The van der Waals surface area contributed by atoms with Gasteiger partial charge in [0, 0.05) is 14.1 Å². The number of nitrogens with one attached hydrogen (secondary N) is 1. The van der Waals surface area contributed by atoms with Gasteiger partial charge < -0.3 is 4.90 Å². The molecule has 0 atom stereocenters. The Balaban J connectivity index is 2.19. The van der Waals surface area contributed by atoms with Gasteiger partial charge in [-0.15, -0.1) is 0 Å². The smallest absolute Gasteiger partial charge is 0.261 e. The number of hydrogen-bond donors (Lipinski definition) is 1. The Hall–Kier alpha value is -2.15. The van der Waals surface area contributed by atoms with E-state index in [1.165, 1.54) is 12.4 Å². The fraction of sp³-hybridized carbons (Fsp3) is 0.286. The molecule has 0 saturated carbocycles. The highest BCUT2D eigenvalue weighted by Crippen LogP contribution is 2.16. The van der Waals surface area contributed by atoms with Crippen molar-refractivity contribution in [3.05, 3.63) is 42.2 Å². The largest absolute Gasteiger partial charge is 0.347 e. The average molecular weight is 306 g/mol. The summed E-state index contributed by atoms with van der Waals surface area (Å²) in [7, 11) is 0.0129. The van der Waals surface area contributed by atoms with Crippen LogP contribution in [0.1, 0.15) is 12.5 Å². The Bertz CT molecular complexity index is 695. The van der Waals surface area contributed by atoms with Crippen LogP contribution in [0.4, 0.5) is 11.6 Å². The third-order valence-corrected chi connectivity index (χ3v) is 4.33. The summed E-state index contributed by atoms with van der Waals surface area (Å²) in [5.41, 5.74) is 1.42. The number of nitrogens with zero attached hydrogens (tertiary/aromatic N) is 3. The lowest BCUT2D eigenvalue weighted by atomic mass is 10.2. The second-order valence-electron chi connectivity index (χ2n) is 4.77. The molecule has 6 nitrogen and oxygen atoms in total. The van der Waals surface area contributed by atoms with E-state index in [4.69, 9.17) is 0 Å². The second-order valence-corrected chi connectivity index (χ2v) is 6.45. The molecule has 1 heterocycles. The number of anilines is 2. The van der Waals surface area contributed by atoms with Crippen molar-refractivity contribution in [3.63, 3.8) is 0 Å². The van der Waals surface area contributed by atoms with Gasteiger partial charge >= 0.3 is 0 Å². The van der Waals surface area contributed by atoms with Gasteiger partial charge in [0.1, 0.15) is 0 Å². The summed E-state index contributed by atoms with van der Waals surface area (Å²) in [5.74, 6) is 0.519. The highest BCUT2D eigenvalue weighted by molar-refractivity contribution is 7.92. The van der Waals surface area contributed by atoms with E-state index in [1.54, 1.807) is 29.2 Å². The molecule has 1 N–H and O–H groups in total. The second kappa shape index (κ2) is 6.09. The quantitative estimate of drug-likeness (QED) is 0.913. The molecule has 0 aliphatic heterocycles. The predicted octanol–water partition coefficient (Wildman–Crippen LogP) is 1.91. The fourth-order valence-corrected chi connectivity index (χ4v) is 2.75. The maximum Gasteiger partial charge on any atom is 0.261 e. The molecule has 0 radical (unpaired) electrons. The molecule has 21 heavy (non-hydrogen) atoms. The molecule has 0 saturated heterocycles. The number of aromatic nitrogens is 2. The summed E-state index contributed by atoms with van der Waals surface area (Å²) in [6, 6.07) is 6.80. The molecular weight excluding hydrogens is 288 g/mol. The lowest BCUT2D eigenvalue weighted by molar-refractivity contribution is 0.601. The van der Waals surface area contributed by atoms with E-state index in [2.05, 4.69) is 14.7 Å². The van der Waals surface area contributed by atoms with E-state index in [-0.39, 0.29) is 4.90 Å². The molecular formula is C14H18N4O2S. The lowest BCUT2D eigenvalue weighted by Gasteiger charge is -2.11. The Labute approximate surface area is 124 Å². The van der Waals surface area contributed by atoms with Gasteiger partial charge in [0.05, 0.1) is 23.0 Å². The van der Waals surface area contributed by atoms with E-state index >= 15 is 0 Å². The number of benzene rings is 1. The topological polar surface area (TPSA) is 75.2 Å². The van der Waals surface area contributed by atoms with Gasteiger partial charge in [0.15, 0.2) is 0 Å². The summed E-state index contributed by atoms with van der Waals surface area (Å²) in [4.78, 5) is 10.1. The monoisotopic (exact) mass is 306 g/mol. The SMILES string of the molecule is CCc1ccc(S(=O)(=O)Nc2cnc(N(C)C)nc2)cc1. The van der Waals surface area contributed by atoms with Crippen LogP contribution in [0.3, 0.4) is 0 Å². The van der Waals surface area contributed by atoms with E-state index in [1.807, 2.05) is 21.0 Å². The normalized spacial score (nSPS) is 11.2. The van der Waals surface area contributed by atoms with Crippen molar-refractivity contribution in [2.75, 3.05) is 23.7 Å². The summed E-state index contributed by atoms with van der Waals surface area (Å²) in [6.07, 6.45) is 3.76. The van der Waals surface area contributed by atoms with Gasteiger partial charge in [-0.2, -0.15) is 0 Å². The molecule has 2 aromatic rings. The minimum absolute atomic E-state index is 0.219. The number of hydrogen-bond acceptors (Lipinski definition) is 5. The minimum atomic E-state index is -3.62. The van der Waals surface area contributed by atoms with Gasteiger partial charge in [-0.1, -0.05) is 19.1 Å².